The highest BCUT2D eigenvalue weighted by molar-refractivity contribution is 6.05. The Kier molecular flexibility index (Phi) is 7.75. The van der Waals surface area contributed by atoms with Crippen molar-refractivity contribution in [2.75, 3.05) is 38.8 Å². The highest BCUT2D eigenvalue weighted by atomic mass is 16.5. The van der Waals surface area contributed by atoms with Crippen molar-refractivity contribution in [1.82, 2.24) is 9.80 Å². The number of carbonyl (C=O) groups excluding carboxylic acids is 3. The zero-order valence-electron chi connectivity index (χ0n) is 21.8. The summed E-state index contributed by atoms with van der Waals surface area (Å²) in [5.74, 6) is -1.63. The summed E-state index contributed by atoms with van der Waals surface area (Å²) < 4.78 is 11.8. The number of aliphatic hydroxyl groups is 1. The number of fused-ring (bicyclic) bond motifs is 1. The van der Waals surface area contributed by atoms with E-state index in [1.807, 2.05) is 6.92 Å². The largest absolute Gasteiger partial charge is 0.497 e. The summed E-state index contributed by atoms with van der Waals surface area (Å²) >= 11 is 0. The smallest absolute Gasteiger partial charge is 0.253 e. The van der Waals surface area contributed by atoms with Gasteiger partial charge in [-0.3, -0.25) is 14.4 Å². The summed E-state index contributed by atoms with van der Waals surface area (Å²) in [4.78, 5) is 46.6. The lowest BCUT2D eigenvalue weighted by Gasteiger charge is -2.39. The first-order valence-electron chi connectivity index (χ1n) is 12.8. The normalized spacial score (nSPS) is 28.5. The van der Waals surface area contributed by atoms with Crippen LogP contribution in [0.25, 0.3) is 0 Å². The Hall–Kier alpha value is -3.17. The van der Waals surface area contributed by atoms with E-state index in [9.17, 15) is 19.5 Å². The molecule has 1 aromatic carbocycles. The molecule has 6 atom stereocenters. The summed E-state index contributed by atoms with van der Waals surface area (Å²) in [5.41, 5.74) is -0.510. The summed E-state index contributed by atoms with van der Waals surface area (Å²) in [5, 5.41) is 10.2. The van der Waals surface area contributed by atoms with Crippen molar-refractivity contribution in [1.29, 1.82) is 0 Å². The number of anilines is 1. The molecule has 1 aromatic rings. The number of carbonyl (C=O) groups is 3. The molecule has 3 fully saturated rings. The third-order valence-corrected chi connectivity index (χ3v) is 8.07. The summed E-state index contributed by atoms with van der Waals surface area (Å²) in [6.07, 6.45) is 4.36. The molecule has 0 saturated carbocycles. The van der Waals surface area contributed by atoms with E-state index in [-0.39, 0.29) is 30.9 Å². The number of likely N-dealkylation sites (tertiary alicyclic amines) is 1. The second-order valence-electron chi connectivity index (χ2n) is 9.99. The molecule has 1 N–H and O–H groups in total. The molecule has 200 valence electrons. The molecule has 3 saturated heterocycles. The van der Waals surface area contributed by atoms with Crippen LogP contribution in [0, 0.1) is 11.8 Å². The Morgan fingerprint density at radius 2 is 1.92 bits per heavy atom. The standard InChI is InChI=1S/C28H37N3O6/c1-6-15-29(4)25(33)22-21-13-14-28(37-21)23(22)26(34)31(18(8-3)17-32)24(28)27(35)30(16-7-2)19-9-11-20(36-5)12-10-19/h6-7,9-12,18,21-24,32H,1-2,8,13-17H2,3-5H3/t18-,21+,22-,23-,24?,28?/m0/s1. The van der Waals surface area contributed by atoms with Crippen molar-refractivity contribution in [3.05, 3.63) is 49.6 Å². The summed E-state index contributed by atoms with van der Waals surface area (Å²) in [7, 11) is 3.25. The topological polar surface area (TPSA) is 99.6 Å². The number of rotatable bonds is 11. The molecule has 2 bridgehead atoms. The number of aliphatic hydroxyl groups excluding tert-OH is 1. The van der Waals surface area contributed by atoms with Gasteiger partial charge in [-0.05, 0) is 43.5 Å². The molecule has 3 amide bonds. The number of methoxy groups -OCH3 is 1. The van der Waals surface area contributed by atoms with Crippen LogP contribution in [-0.2, 0) is 19.1 Å². The van der Waals surface area contributed by atoms with Gasteiger partial charge in [-0.15, -0.1) is 13.2 Å². The molecule has 9 nitrogen and oxygen atoms in total. The van der Waals surface area contributed by atoms with Gasteiger partial charge in [0, 0.05) is 25.8 Å². The van der Waals surface area contributed by atoms with Crippen LogP contribution in [0.1, 0.15) is 26.2 Å². The lowest BCUT2D eigenvalue weighted by atomic mass is 9.70. The molecular formula is C28H37N3O6. The SMILES string of the molecule is C=CCN(C)C(=O)[C@@H]1[C@H]2C(=O)N([C@@H](CC)CO)C(C(=O)N(CC=C)c3ccc(OC)cc3)C23CC[C@H]1O3. The van der Waals surface area contributed by atoms with Crippen LogP contribution in [0.4, 0.5) is 5.69 Å². The minimum absolute atomic E-state index is 0.187. The van der Waals surface area contributed by atoms with E-state index in [1.165, 1.54) is 4.90 Å². The van der Waals surface area contributed by atoms with Crippen LogP contribution in [0.15, 0.2) is 49.6 Å². The molecule has 0 aliphatic carbocycles. The molecule has 1 spiro atoms. The predicted molar refractivity (Wildman–Crippen MR) is 139 cm³/mol. The zero-order chi connectivity index (χ0) is 26.9. The maximum Gasteiger partial charge on any atom is 0.253 e. The Morgan fingerprint density at radius 3 is 2.49 bits per heavy atom. The van der Waals surface area contributed by atoms with Gasteiger partial charge in [-0.1, -0.05) is 19.1 Å². The fourth-order valence-electron chi connectivity index (χ4n) is 6.36. The summed E-state index contributed by atoms with van der Waals surface area (Å²) in [6.45, 7) is 9.68. The molecular weight excluding hydrogens is 474 g/mol. The van der Waals surface area contributed by atoms with E-state index in [0.717, 1.165) is 0 Å². The minimum Gasteiger partial charge on any atom is -0.497 e. The fraction of sp³-hybridized carbons (Fsp3) is 0.536. The number of amides is 3. The van der Waals surface area contributed by atoms with Crippen LogP contribution >= 0.6 is 0 Å². The Labute approximate surface area is 218 Å². The first kappa shape index (κ1) is 26.9. The Balaban J connectivity index is 1.79. The van der Waals surface area contributed by atoms with Gasteiger partial charge in [0.2, 0.25) is 11.8 Å². The lowest BCUT2D eigenvalue weighted by Crippen LogP contribution is -2.59. The average molecular weight is 512 g/mol. The molecule has 3 heterocycles. The minimum atomic E-state index is -1.14. The number of benzene rings is 1. The monoisotopic (exact) mass is 511 g/mol. The molecule has 2 unspecified atom stereocenters. The van der Waals surface area contributed by atoms with E-state index < -0.39 is 35.6 Å². The van der Waals surface area contributed by atoms with E-state index in [0.29, 0.717) is 37.2 Å². The van der Waals surface area contributed by atoms with E-state index in [2.05, 4.69) is 13.2 Å². The van der Waals surface area contributed by atoms with E-state index >= 15 is 0 Å². The molecule has 4 rings (SSSR count). The van der Waals surface area contributed by atoms with Crippen molar-refractivity contribution in [3.8, 4) is 5.75 Å². The second-order valence-corrected chi connectivity index (χ2v) is 9.99. The highest BCUT2D eigenvalue weighted by Crippen LogP contribution is 2.59. The van der Waals surface area contributed by atoms with Crippen molar-refractivity contribution >= 4 is 23.4 Å². The van der Waals surface area contributed by atoms with Crippen LogP contribution in [0.2, 0.25) is 0 Å². The van der Waals surface area contributed by atoms with Crippen molar-refractivity contribution in [2.45, 2.75) is 50.0 Å². The molecule has 3 aliphatic rings. The van der Waals surface area contributed by atoms with Crippen LogP contribution in [0.5, 0.6) is 5.75 Å². The number of likely N-dealkylation sites (N-methyl/N-ethyl adjacent to an activating group) is 1. The molecule has 0 radical (unpaired) electrons. The third-order valence-electron chi connectivity index (χ3n) is 8.07. The Morgan fingerprint density at radius 1 is 1.24 bits per heavy atom. The van der Waals surface area contributed by atoms with Gasteiger partial charge >= 0.3 is 0 Å². The maximum absolute atomic E-state index is 14.4. The average Bonchev–Trinajstić information content (AvgIpc) is 3.55. The number of hydrogen-bond acceptors (Lipinski definition) is 6. The van der Waals surface area contributed by atoms with Crippen molar-refractivity contribution < 1.29 is 29.0 Å². The first-order chi connectivity index (χ1) is 17.8. The van der Waals surface area contributed by atoms with Crippen LogP contribution in [-0.4, -0.2) is 90.3 Å². The van der Waals surface area contributed by atoms with Gasteiger partial charge in [0.15, 0.2) is 0 Å². The predicted octanol–water partition coefficient (Wildman–Crippen LogP) is 2.00. The van der Waals surface area contributed by atoms with Gasteiger partial charge in [0.25, 0.3) is 5.91 Å². The molecule has 3 aliphatic heterocycles. The molecule has 0 aromatic heterocycles. The fourth-order valence-corrected chi connectivity index (χ4v) is 6.36. The van der Waals surface area contributed by atoms with Gasteiger partial charge in [-0.2, -0.15) is 0 Å². The maximum atomic E-state index is 14.4. The Bertz CT molecular complexity index is 1050. The summed E-state index contributed by atoms with van der Waals surface area (Å²) in [6, 6.07) is 5.54. The van der Waals surface area contributed by atoms with E-state index in [4.69, 9.17) is 9.47 Å². The van der Waals surface area contributed by atoms with Gasteiger partial charge < -0.3 is 29.3 Å². The quantitative estimate of drug-likeness (QED) is 0.457. The highest BCUT2D eigenvalue weighted by Gasteiger charge is 2.75. The second kappa shape index (κ2) is 10.7. The first-order valence-corrected chi connectivity index (χ1v) is 12.8. The zero-order valence-corrected chi connectivity index (χ0v) is 21.8. The van der Waals surface area contributed by atoms with Gasteiger partial charge in [-0.25, -0.2) is 0 Å². The number of nitrogens with zero attached hydrogens (tertiary/aromatic N) is 3. The third kappa shape index (κ3) is 4.24. The number of hydrogen-bond donors (Lipinski definition) is 1. The van der Waals surface area contributed by atoms with Crippen molar-refractivity contribution in [3.63, 3.8) is 0 Å². The molecule has 37 heavy (non-hydrogen) atoms. The lowest BCUT2D eigenvalue weighted by molar-refractivity contribution is -0.146. The molecule has 9 heteroatoms. The van der Waals surface area contributed by atoms with Crippen LogP contribution < -0.4 is 9.64 Å². The van der Waals surface area contributed by atoms with Gasteiger partial charge in [0.05, 0.1) is 37.7 Å². The van der Waals surface area contributed by atoms with Crippen LogP contribution in [0.3, 0.4) is 0 Å². The van der Waals surface area contributed by atoms with E-state index in [1.54, 1.807) is 60.4 Å². The van der Waals surface area contributed by atoms with Crippen molar-refractivity contribution in [2.24, 2.45) is 11.8 Å². The van der Waals surface area contributed by atoms with Gasteiger partial charge in [0.1, 0.15) is 17.4 Å². The number of ether oxygens (including phenoxy) is 2.